The molecule has 110 valence electrons. The van der Waals surface area contributed by atoms with E-state index in [2.05, 4.69) is 0 Å². The molecular formula is C17H13NO4. The SMILES string of the molecule is O=C1c2ccccc2C(=O)N1c1ccc(OCC2CO2)cc1. The van der Waals surface area contributed by atoms with Gasteiger partial charge in [0.05, 0.1) is 23.4 Å². The van der Waals surface area contributed by atoms with Crippen LogP contribution in [0.3, 0.4) is 0 Å². The van der Waals surface area contributed by atoms with Gasteiger partial charge in [-0.25, -0.2) is 4.90 Å². The van der Waals surface area contributed by atoms with Crippen molar-refractivity contribution in [2.24, 2.45) is 0 Å². The van der Waals surface area contributed by atoms with Gasteiger partial charge in [-0.3, -0.25) is 9.59 Å². The number of hydrogen-bond donors (Lipinski definition) is 0. The highest BCUT2D eigenvalue weighted by Gasteiger charge is 2.36. The summed E-state index contributed by atoms with van der Waals surface area (Å²) in [6.45, 7) is 1.26. The lowest BCUT2D eigenvalue weighted by Crippen LogP contribution is -2.29. The molecule has 0 radical (unpaired) electrons. The summed E-state index contributed by atoms with van der Waals surface area (Å²) in [6.07, 6.45) is 0.191. The van der Waals surface area contributed by atoms with Gasteiger partial charge in [-0.15, -0.1) is 0 Å². The number of amides is 2. The maximum atomic E-state index is 12.4. The average Bonchev–Trinajstić information content (AvgIpc) is 3.34. The van der Waals surface area contributed by atoms with Gasteiger partial charge in [0, 0.05) is 0 Å². The first kappa shape index (κ1) is 13.0. The number of carbonyl (C=O) groups excluding carboxylic acids is 2. The number of imide groups is 1. The first-order valence-corrected chi connectivity index (χ1v) is 7.06. The van der Waals surface area contributed by atoms with Crippen LogP contribution in [0.1, 0.15) is 20.7 Å². The molecule has 0 aromatic heterocycles. The molecule has 1 saturated heterocycles. The molecule has 0 saturated carbocycles. The van der Waals surface area contributed by atoms with Gasteiger partial charge in [-0.05, 0) is 36.4 Å². The topological polar surface area (TPSA) is 59.1 Å². The van der Waals surface area contributed by atoms with Crippen LogP contribution in [0.4, 0.5) is 5.69 Å². The Labute approximate surface area is 127 Å². The Morgan fingerprint density at radius 2 is 1.59 bits per heavy atom. The molecule has 2 heterocycles. The molecule has 2 aromatic carbocycles. The molecule has 22 heavy (non-hydrogen) atoms. The van der Waals surface area contributed by atoms with Crippen LogP contribution in [-0.2, 0) is 4.74 Å². The van der Waals surface area contributed by atoms with Crippen LogP contribution in [0.25, 0.3) is 0 Å². The van der Waals surface area contributed by atoms with Crippen LogP contribution in [0.5, 0.6) is 5.75 Å². The first-order chi connectivity index (χ1) is 10.7. The Bertz CT molecular complexity index is 715. The molecule has 0 aliphatic carbocycles. The fraction of sp³-hybridized carbons (Fsp3) is 0.176. The van der Waals surface area contributed by atoms with Crippen LogP contribution in [0.2, 0.25) is 0 Å². The number of nitrogens with zero attached hydrogens (tertiary/aromatic N) is 1. The molecule has 4 rings (SSSR count). The third-order valence-corrected chi connectivity index (χ3v) is 3.73. The lowest BCUT2D eigenvalue weighted by atomic mass is 10.1. The van der Waals surface area contributed by atoms with Gasteiger partial charge >= 0.3 is 0 Å². The van der Waals surface area contributed by atoms with E-state index in [0.29, 0.717) is 29.2 Å². The summed E-state index contributed by atoms with van der Waals surface area (Å²) >= 11 is 0. The van der Waals surface area contributed by atoms with Gasteiger partial charge < -0.3 is 9.47 Å². The zero-order valence-electron chi connectivity index (χ0n) is 11.7. The fourth-order valence-electron chi connectivity index (χ4n) is 2.47. The van der Waals surface area contributed by atoms with Crippen LogP contribution in [0, 0.1) is 0 Å². The monoisotopic (exact) mass is 295 g/mol. The van der Waals surface area contributed by atoms with Gasteiger partial charge in [0.15, 0.2) is 0 Å². The summed E-state index contributed by atoms with van der Waals surface area (Å²) < 4.78 is 10.6. The molecule has 0 bridgehead atoms. The third kappa shape index (κ3) is 2.16. The summed E-state index contributed by atoms with van der Waals surface area (Å²) in [5, 5.41) is 0. The number of fused-ring (bicyclic) bond motifs is 1. The molecule has 2 aliphatic heterocycles. The van der Waals surface area contributed by atoms with Crippen molar-refractivity contribution in [3.05, 3.63) is 59.7 Å². The first-order valence-electron chi connectivity index (χ1n) is 7.06. The molecule has 0 N–H and O–H groups in total. The van der Waals surface area contributed by atoms with Crippen LogP contribution in [0.15, 0.2) is 48.5 Å². The molecule has 1 unspecified atom stereocenters. The van der Waals surface area contributed by atoms with E-state index in [1.165, 1.54) is 4.90 Å². The molecule has 2 amide bonds. The van der Waals surface area contributed by atoms with Crippen molar-refractivity contribution in [2.45, 2.75) is 6.10 Å². The second kappa shape index (κ2) is 4.96. The van der Waals surface area contributed by atoms with E-state index in [-0.39, 0.29) is 17.9 Å². The predicted molar refractivity (Wildman–Crippen MR) is 79.3 cm³/mol. The Morgan fingerprint density at radius 3 is 2.14 bits per heavy atom. The third-order valence-electron chi connectivity index (χ3n) is 3.73. The van der Waals surface area contributed by atoms with Gasteiger partial charge in [0.1, 0.15) is 18.5 Å². The van der Waals surface area contributed by atoms with Crippen molar-refractivity contribution in [1.29, 1.82) is 0 Å². The predicted octanol–water partition coefficient (Wildman–Crippen LogP) is 2.26. The normalized spacial score (nSPS) is 19.3. The molecule has 2 aromatic rings. The highest BCUT2D eigenvalue weighted by atomic mass is 16.6. The largest absolute Gasteiger partial charge is 0.491 e. The quantitative estimate of drug-likeness (QED) is 0.641. The van der Waals surface area contributed by atoms with E-state index in [4.69, 9.17) is 9.47 Å². The van der Waals surface area contributed by atoms with E-state index in [1.54, 1.807) is 48.5 Å². The Hall–Kier alpha value is -2.66. The smallest absolute Gasteiger partial charge is 0.266 e. The van der Waals surface area contributed by atoms with Crippen LogP contribution < -0.4 is 9.64 Å². The maximum absolute atomic E-state index is 12.4. The van der Waals surface area contributed by atoms with Gasteiger partial charge in [0.25, 0.3) is 11.8 Å². The van der Waals surface area contributed by atoms with Gasteiger partial charge in [-0.2, -0.15) is 0 Å². The van der Waals surface area contributed by atoms with Crippen LogP contribution >= 0.6 is 0 Å². The van der Waals surface area contributed by atoms with Crippen molar-refractivity contribution >= 4 is 17.5 Å². The molecule has 0 spiro atoms. The number of carbonyl (C=O) groups is 2. The second-order valence-corrected chi connectivity index (χ2v) is 5.25. The van der Waals surface area contributed by atoms with Crippen molar-refractivity contribution in [3.63, 3.8) is 0 Å². The fourth-order valence-corrected chi connectivity index (χ4v) is 2.47. The number of hydrogen-bond acceptors (Lipinski definition) is 4. The molecule has 2 aliphatic rings. The summed E-state index contributed by atoms with van der Waals surface area (Å²) in [6, 6.07) is 13.8. The average molecular weight is 295 g/mol. The maximum Gasteiger partial charge on any atom is 0.266 e. The minimum atomic E-state index is -0.291. The standard InChI is InChI=1S/C17H13NO4/c19-16-14-3-1-2-4-15(14)17(20)18(16)11-5-7-12(8-6-11)21-9-13-10-22-13/h1-8,13H,9-10H2. The number of epoxide rings is 1. The van der Waals surface area contributed by atoms with E-state index in [1.807, 2.05) is 0 Å². The number of ether oxygens (including phenoxy) is 2. The highest BCUT2D eigenvalue weighted by molar-refractivity contribution is 6.34. The van der Waals surface area contributed by atoms with E-state index >= 15 is 0 Å². The second-order valence-electron chi connectivity index (χ2n) is 5.25. The number of anilines is 1. The highest BCUT2D eigenvalue weighted by Crippen LogP contribution is 2.29. The van der Waals surface area contributed by atoms with Crippen molar-refractivity contribution in [1.82, 2.24) is 0 Å². The lowest BCUT2D eigenvalue weighted by Gasteiger charge is -2.14. The molecule has 5 heteroatoms. The summed E-state index contributed by atoms with van der Waals surface area (Å²) in [7, 11) is 0. The Kier molecular flexibility index (Phi) is 2.94. The van der Waals surface area contributed by atoms with Crippen molar-refractivity contribution < 1.29 is 19.1 Å². The van der Waals surface area contributed by atoms with Crippen LogP contribution in [-0.4, -0.2) is 31.1 Å². The van der Waals surface area contributed by atoms with Gasteiger partial charge in [0.2, 0.25) is 0 Å². The van der Waals surface area contributed by atoms with Crippen molar-refractivity contribution in [2.75, 3.05) is 18.1 Å². The zero-order chi connectivity index (χ0) is 15.1. The summed E-state index contributed by atoms with van der Waals surface area (Å²) in [5.74, 6) is 0.108. The van der Waals surface area contributed by atoms with E-state index in [9.17, 15) is 9.59 Å². The van der Waals surface area contributed by atoms with E-state index < -0.39 is 0 Å². The van der Waals surface area contributed by atoms with E-state index in [0.717, 1.165) is 6.61 Å². The summed E-state index contributed by atoms with van der Waals surface area (Å²) in [4.78, 5) is 25.9. The Balaban J connectivity index is 1.57. The summed E-state index contributed by atoms with van der Waals surface area (Å²) in [5.41, 5.74) is 1.43. The van der Waals surface area contributed by atoms with Crippen molar-refractivity contribution in [3.8, 4) is 5.75 Å². The molecular weight excluding hydrogens is 282 g/mol. The number of benzene rings is 2. The minimum Gasteiger partial charge on any atom is -0.491 e. The zero-order valence-corrected chi connectivity index (χ0v) is 11.7. The van der Waals surface area contributed by atoms with Gasteiger partial charge in [-0.1, -0.05) is 12.1 Å². The molecule has 5 nitrogen and oxygen atoms in total. The lowest BCUT2D eigenvalue weighted by molar-refractivity contribution is 0.0926. The molecule has 1 fully saturated rings. The minimum absolute atomic E-state index is 0.191. The number of rotatable bonds is 4. The Morgan fingerprint density at radius 1 is 1.00 bits per heavy atom. The molecule has 1 atom stereocenters.